The fraction of sp³-hybridized carbons (Fsp3) is 0.283. The summed E-state index contributed by atoms with van der Waals surface area (Å²) >= 11 is 0. The molecule has 0 unspecified atom stereocenters. The number of nitrogens with zero attached hydrogens (tertiary/aromatic N) is 7. The Hall–Kier alpha value is -9.78. The first-order chi connectivity index (χ1) is 37.1. The highest BCUT2D eigenvalue weighted by atomic mass is 17.2. The molecule has 2 aliphatic heterocycles. The van der Waals surface area contributed by atoms with Crippen LogP contribution in [0.15, 0.2) is 130 Å². The van der Waals surface area contributed by atoms with Crippen molar-refractivity contribution >= 4 is 76.1 Å². The second kappa shape index (κ2) is 24.3. The summed E-state index contributed by atoms with van der Waals surface area (Å²) in [5.74, 6) is -5.14. The molecule has 25 heteroatoms. The van der Waals surface area contributed by atoms with Crippen molar-refractivity contribution in [3.05, 3.63) is 173 Å². The van der Waals surface area contributed by atoms with Gasteiger partial charge in [0.05, 0.1) is 70.6 Å². The van der Waals surface area contributed by atoms with Gasteiger partial charge in [0.2, 0.25) is 18.3 Å². The molecule has 5 aromatic rings. The van der Waals surface area contributed by atoms with Gasteiger partial charge < -0.3 is 23.6 Å². The van der Waals surface area contributed by atoms with E-state index in [2.05, 4.69) is 20.2 Å². The number of fused-ring (bicyclic) bond motifs is 2. The minimum atomic E-state index is -1.32. The molecule has 2 amide bonds. The number of non-ortho nitro benzene ring substituents is 3. The first-order valence-corrected chi connectivity index (χ1v) is 24.1. The fourth-order valence-electron chi connectivity index (χ4n) is 8.98. The predicted octanol–water partition coefficient (Wildman–Crippen LogP) is 7.46. The van der Waals surface area contributed by atoms with E-state index < -0.39 is 50.7 Å². The number of nitro benzene ring substituents is 3. The summed E-state index contributed by atoms with van der Waals surface area (Å²) in [6.45, 7) is 6.95. The molecule has 1 fully saturated rings. The van der Waals surface area contributed by atoms with E-state index >= 15 is 0 Å². The number of carbonyl (C=O) groups is 6. The lowest BCUT2D eigenvalue weighted by molar-refractivity contribution is -0.890. The van der Waals surface area contributed by atoms with E-state index in [1.807, 2.05) is 65.2 Å². The predicted molar refractivity (Wildman–Crippen MR) is 276 cm³/mol. The van der Waals surface area contributed by atoms with Crippen LogP contribution in [0.3, 0.4) is 0 Å². The Morgan fingerprint density at radius 3 is 1.82 bits per heavy atom. The Labute approximate surface area is 443 Å². The maximum atomic E-state index is 13.8. The zero-order valence-electron chi connectivity index (χ0n) is 42.6. The third kappa shape index (κ3) is 13.2. The summed E-state index contributed by atoms with van der Waals surface area (Å²) in [5, 5.41) is 37.0. The maximum Gasteiger partial charge on any atom is 0.422 e. The second-order valence-corrected chi connectivity index (χ2v) is 19.0. The molecule has 0 aromatic heterocycles. The van der Waals surface area contributed by atoms with E-state index in [0.29, 0.717) is 48.1 Å². The lowest BCUT2D eigenvalue weighted by atomic mass is 9.74. The number of nitro groups is 3. The molecule has 404 valence electrons. The molecule has 0 aliphatic carbocycles. The molecule has 5 aromatic carbocycles. The van der Waals surface area contributed by atoms with Crippen LogP contribution in [0.25, 0.3) is 10.8 Å². The highest BCUT2D eigenvalue weighted by Gasteiger charge is 2.59. The number of quaternary nitrogens is 1. The quantitative estimate of drug-likeness (QED) is 0.00755. The molecule has 2 aliphatic rings. The van der Waals surface area contributed by atoms with E-state index in [-0.39, 0.29) is 82.3 Å². The van der Waals surface area contributed by atoms with Gasteiger partial charge in [-0.15, -0.1) is 0 Å². The van der Waals surface area contributed by atoms with Crippen molar-refractivity contribution in [3.63, 3.8) is 0 Å². The number of alkyl carbamates (subject to hydrolysis) is 1. The summed E-state index contributed by atoms with van der Waals surface area (Å²) < 4.78 is 17.1. The number of aliphatic imine (C=N–C) groups is 2. The van der Waals surface area contributed by atoms with Crippen LogP contribution in [0.4, 0.5) is 21.9 Å². The molecular weight excluding hydrogens is 1020 g/mol. The number of esters is 3. The molecule has 0 bridgehead atoms. The van der Waals surface area contributed by atoms with Gasteiger partial charge in [0, 0.05) is 72.7 Å². The molecule has 1 N–H and O–H groups in total. The van der Waals surface area contributed by atoms with E-state index in [4.69, 9.17) is 19.1 Å². The van der Waals surface area contributed by atoms with E-state index in [9.17, 15) is 59.1 Å². The maximum absolute atomic E-state index is 13.8. The van der Waals surface area contributed by atoms with Gasteiger partial charge in [0.15, 0.2) is 0 Å². The summed E-state index contributed by atoms with van der Waals surface area (Å²) in [6.07, 6.45) is 0.383. The SMILES string of the molecule is CC(C)[C@H]1C(=O)N2C(C(=O)OC(=O)c3ccc([N+](=O)[O-])cc3)=C(COc3cccc4c(CC[N+](C)(C)CCCN=C(/N=C/OOC(=O)c5ccc([N+](=O)[O-])cc5)NC(=O)OC(=O)c5ccc([N+](=O)[O-])cc5)cccc34)[C@H](C)[C@H]12. The van der Waals surface area contributed by atoms with Crippen molar-refractivity contribution in [2.45, 2.75) is 39.7 Å². The molecule has 2 heterocycles. The highest BCUT2D eigenvalue weighted by Crippen LogP contribution is 2.49. The average molecular weight is 1070 g/mol. The first-order valence-electron chi connectivity index (χ1n) is 24.1. The van der Waals surface area contributed by atoms with Crippen molar-refractivity contribution in [2.75, 3.05) is 40.3 Å². The van der Waals surface area contributed by atoms with Crippen LogP contribution in [0.5, 0.6) is 5.75 Å². The highest BCUT2D eigenvalue weighted by molar-refractivity contribution is 6.07. The standard InChI is InChI=1S/C53H50N8O17/c1-31(2)44-45-32(3)42(46(57(45)47(44)62)51(66)76-48(63)34-13-19-37(20-14-34)58(68)69)29-74-43-12-7-10-40-33(9-6-11-41(40)43)25-28-61(4,5)27-8-26-54-52(55-30-75-78-50(65)36-17-23-39(24-18-36)60(72)73)56-53(67)77-49(64)35-15-21-38(22-16-35)59(70)71/h6-7,9-24,30-32,44-45H,8,25-29H2,1-5H3/p+1/b55-30+/t32-,44+,45+/m0/s1. The summed E-state index contributed by atoms with van der Waals surface area (Å²) in [6, 6.07) is 24.5. The Balaban J connectivity index is 0.994. The molecule has 3 atom stereocenters. The minimum Gasteiger partial charge on any atom is -0.488 e. The van der Waals surface area contributed by atoms with Gasteiger partial charge in [-0.3, -0.25) is 50.3 Å². The number of carbonyl (C=O) groups excluding carboxylic acids is 6. The smallest absolute Gasteiger partial charge is 0.422 e. The number of hydrogen-bond donors (Lipinski definition) is 1. The molecule has 1 saturated heterocycles. The van der Waals surface area contributed by atoms with Crippen LogP contribution < -0.4 is 10.1 Å². The van der Waals surface area contributed by atoms with E-state index in [1.54, 1.807) is 6.07 Å². The van der Waals surface area contributed by atoms with Crippen molar-refractivity contribution < 1.29 is 72.0 Å². The lowest BCUT2D eigenvalue weighted by Crippen LogP contribution is -2.62. The van der Waals surface area contributed by atoms with Crippen molar-refractivity contribution in [3.8, 4) is 5.75 Å². The zero-order chi connectivity index (χ0) is 56.4. The van der Waals surface area contributed by atoms with E-state index in [1.165, 1.54) is 17.0 Å². The average Bonchev–Trinajstić information content (AvgIpc) is 3.75. The van der Waals surface area contributed by atoms with Crippen LogP contribution in [-0.2, 0) is 35.3 Å². The number of β-lactam (4-membered cyclic amide) rings is 1. The molecule has 25 nitrogen and oxygen atoms in total. The van der Waals surface area contributed by atoms with Gasteiger partial charge in [-0.05, 0) is 59.3 Å². The van der Waals surface area contributed by atoms with Crippen molar-refractivity contribution in [2.24, 2.45) is 27.7 Å². The van der Waals surface area contributed by atoms with Crippen LogP contribution in [-0.4, -0.2) is 119 Å². The van der Waals surface area contributed by atoms with Crippen molar-refractivity contribution in [1.29, 1.82) is 0 Å². The molecule has 78 heavy (non-hydrogen) atoms. The minimum absolute atomic E-state index is 0.0333. The number of guanidine groups is 1. The normalized spacial score (nSPS) is 16.1. The van der Waals surface area contributed by atoms with Gasteiger partial charge >= 0.3 is 30.0 Å². The number of benzene rings is 5. The third-order valence-electron chi connectivity index (χ3n) is 13.1. The number of nitrogens with one attached hydrogen (secondary N) is 1. The summed E-state index contributed by atoms with van der Waals surface area (Å²) in [4.78, 5) is 128. The van der Waals surface area contributed by atoms with Crippen LogP contribution >= 0.6 is 0 Å². The number of hydrogen-bond acceptors (Lipinski definition) is 18. The molecule has 0 saturated carbocycles. The lowest BCUT2D eigenvalue weighted by Gasteiger charge is -2.47. The Kier molecular flexibility index (Phi) is 17.4. The molecule has 0 spiro atoms. The molecular formula is C53H51N8O17+. The number of likely N-dealkylation sites (N-methyl/N-ethyl adjacent to an activating group) is 1. The van der Waals surface area contributed by atoms with Gasteiger partial charge in [-0.2, -0.15) is 4.99 Å². The number of ether oxygens (including phenoxy) is 3. The van der Waals surface area contributed by atoms with Crippen LogP contribution in [0, 0.1) is 48.1 Å². The zero-order valence-corrected chi connectivity index (χ0v) is 42.6. The topological polar surface area (TPSA) is 318 Å². The van der Waals surface area contributed by atoms with Crippen LogP contribution in [0.1, 0.15) is 63.8 Å². The Morgan fingerprint density at radius 2 is 1.26 bits per heavy atom. The van der Waals surface area contributed by atoms with Crippen molar-refractivity contribution in [1.82, 2.24) is 10.2 Å². The monoisotopic (exact) mass is 1070 g/mol. The van der Waals surface area contributed by atoms with E-state index in [0.717, 1.165) is 77.0 Å². The number of amides is 2. The van der Waals surface area contributed by atoms with Gasteiger partial charge in [-0.25, -0.2) is 28.9 Å². The molecule has 7 rings (SSSR count). The Morgan fingerprint density at radius 1 is 0.718 bits per heavy atom. The van der Waals surface area contributed by atoms with Gasteiger partial charge in [-0.1, -0.05) is 51.1 Å². The summed E-state index contributed by atoms with van der Waals surface area (Å²) in [5.41, 5.74) is 0.297. The molecule has 0 radical (unpaired) electrons. The van der Waals surface area contributed by atoms with Gasteiger partial charge in [0.1, 0.15) is 18.1 Å². The fourth-order valence-corrected chi connectivity index (χ4v) is 8.98. The van der Waals surface area contributed by atoms with Crippen LogP contribution in [0.2, 0.25) is 0 Å². The first kappa shape index (κ1) is 56.0. The van der Waals surface area contributed by atoms with Gasteiger partial charge in [0.25, 0.3) is 17.1 Å². The summed E-state index contributed by atoms with van der Waals surface area (Å²) in [7, 11) is 4.04. The second-order valence-electron chi connectivity index (χ2n) is 19.0. The number of rotatable bonds is 20. The Bertz CT molecular complexity index is 3280. The largest absolute Gasteiger partial charge is 0.488 e. The third-order valence-corrected chi connectivity index (χ3v) is 13.1.